The molecule has 0 spiro atoms. The standard InChI is InChI=1S/C14H20BrN3O/c1-18(9-13-6-3-7-16-13)10-14(19)17-12-5-2-4-11(15)8-12/h2,4-5,8,13,16H,3,6-7,9-10H2,1H3,(H,17,19). The van der Waals surface area contributed by atoms with Crippen LogP contribution in [0.15, 0.2) is 28.7 Å². The first-order valence-corrected chi connectivity index (χ1v) is 7.40. The van der Waals surface area contributed by atoms with E-state index < -0.39 is 0 Å². The lowest BCUT2D eigenvalue weighted by atomic mass is 10.2. The summed E-state index contributed by atoms with van der Waals surface area (Å²) >= 11 is 3.39. The van der Waals surface area contributed by atoms with Crippen molar-refractivity contribution in [2.24, 2.45) is 0 Å². The molecule has 4 nitrogen and oxygen atoms in total. The molecule has 19 heavy (non-hydrogen) atoms. The predicted octanol–water partition coefficient (Wildman–Crippen LogP) is 2.07. The number of likely N-dealkylation sites (N-methyl/N-ethyl adjacent to an activating group) is 1. The minimum atomic E-state index is 0.0265. The summed E-state index contributed by atoms with van der Waals surface area (Å²) in [4.78, 5) is 14.0. The molecular formula is C14H20BrN3O. The van der Waals surface area contributed by atoms with E-state index in [2.05, 4.69) is 31.5 Å². The smallest absolute Gasteiger partial charge is 0.238 e. The first-order chi connectivity index (χ1) is 9.13. The van der Waals surface area contributed by atoms with E-state index in [1.807, 2.05) is 31.3 Å². The van der Waals surface area contributed by atoms with Gasteiger partial charge in [0.2, 0.25) is 5.91 Å². The van der Waals surface area contributed by atoms with Crippen molar-refractivity contribution in [3.63, 3.8) is 0 Å². The molecule has 1 fully saturated rings. The number of nitrogens with one attached hydrogen (secondary N) is 2. The lowest BCUT2D eigenvalue weighted by Crippen LogP contribution is -2.39. The van der Waals surface area contributed by atoms with Crippen molar-refractivity contribution >= 4 is 27.5 Å². The van der Waals surface area contributed by atoms with E-state index in [9.17, 15) is 4.79 Å². The van der Waals surface area contributed by atoms with Crippen molar-refractivity contribution in [2.45, 2.75) is 18.9 Å². The highest BCUT2D eigenvalue weighted by molar-refractivity contribution is 9.10. The van der Waals surface area contributed by atoms with E-state index in [1.165, 1.54) is 12.8 Å². The molecule has 1 heterocycles. The maximum atomic E-state index is 11.9. The normalized spacial score (nSPS) is 18.8. The van der Waals surface area contributed by atoms with Crippen molar-refractivity contribution in [2.75, 3.05) is 32.0 Å². The Morgan fingerprint density at radius 1 is 1.58 bits per heavy atom. The summed E-state index contributed by atoms with van der Waals surface area (Å²) in [6.07, 6.45) is 2.44. The minimum Gasteiger partial charge on any atom is -0.325 e. The van der Waals surface area contributed by atoms with Crippen LogP contribution in [-0.2, 0) is 4.79 Å². The summed E-state index contributed by atoms with van der Waals surface area (Å²) in [6, 6.07) is 8.17. The number of nitrogens with zero attached hydrogens (tertiary/aromatic N) is 1. The highest BCUT2D eigenvalue weighted by atomic mass is 79.9. The van der Waals surface area contributed by atoms with E-state index in [4.69, 9.17) is 0 Å². The Labute approximate surface area is 122 Å². The average Bonchev–Trinajstić information content (AvgIpc) is 2.81. The van der Waals surface area contributed by atoms with Crippen LogP contribution in [0, 0.1) is 0 Å². The Hall–Kier alpha value is -0.910. The lowest BCUT2D eigenvalue weighted by Gasteiger charge is -2.20. The molecule has 1 aliphatic rings. The van der Waals surface area contributed by atoms with E-state index in [1.54, 1.807) is 0 Å². The van der Waals surface area contributed by atoms with Gasteiger partial charge in [0.25, 0.3) is 0 Å². The highest BCUT2D eigenvalue weighted by Gasteiger charge is 2.17. The fraction of sp³-hybridized carbons (Fsp3) is 0.500. The third-order valence-electron chi connectivity index (χ3n) is 3.22. The fourth-order valence-electron chi connectivity index (χ4n) is 2.37. The SMILES string of the molecule is CN(CC(=O)Nc1cccc(Br)c1)CC1CCCN1. The van der Waals surface area contributed by atoms with Gasteiger partial charge in [-0.15, -0.1) is 0 Å². The maximum absolute atomic E-state index is 11.9. The number of rotatable bonds is 5. The van der Waals surface area contributed by atoms with Gasteiger partial charge in [0, 0.05) is 22.7 Å². The van der Waals surface area contributed by atoms with Crippen molar-refractivity contribution < 1.29 is 4.79 Å². The summed E-state index contributed by atoms with van der Waals surface area (Å²) in [6.45, 7) is 2.44. The molecule has 104 valence electrons. The molecule has 0 aromatic heterocycles. The third kappa shape index (κ3) is 4.93. The molecule has 2 N–H and O–H groups in total. The molecule has 0 radical (unpaired) electrons. The van der Waals surface area contributed by atoms with Gasteiger partial charge in [-0.2, -0.15) is 0 Å². The quantitative estimate of drug-likeness (QED) is 0.871. The lowest BCUT2D eigenvalue weighted by molar-refractivity contribution is -0.117. The molecule has 1 saturated heterocycles. The number of hydrogen-bond donors (Lipinski definition) is 2. The summed E-state index contributed by atoms with van der Waals surface area (Å²) in [7, 11) is 1.99. The van der Waals surface area contributed by atoms with Gasteiger partial charge in [-0.05, 0) is 44.6 Å². The second-order valence-corrected chi connectivity index (χ2v) is 5.96. The molecule has 1 amide bonds. The van der Waals surface area contributed by atoms with Gasteiger partial charge < -0.3 is 10.6 Å². The second kappa shape index (κ2) is 7.03. The zero-order valence-corrected chi connectivity index (χ0v) is 12.7. The minimum absolute atomic E-state index is 0.0265. The first-order valence-electron chi connectivity index (χ1n) is 6.61. The number of carbonyl (C=O) groups excluding carboxylic acids is 1. The molecule has 1 aromatic carbocycles. The number of anilines is 1. The summed E-state index contributed by atoms with van der Waals surface area (Å²) in [5.41, 5.74) is 0.826. The van der Waals surface area contributed by atoms with Gasteiger partial charge >= 0.3 is 0 Å². The van der Waals surface area contributed by atoms with E-state index in [-0.39, 0.29) is 5.91 Å². The molecule has 0 aliphatic carbocycles. The molecule has 5 heteroatoms. The molecule has 0 bridgehead atoms. The van der Waals surface area contributed by atoms with Crippen LogP contribution in [0.2, 0.25) is 0 Å². The van der Waals surface area contributed by atoms with Crippen LogP contribution < -0.4 is 10.6 Å². The number of benzene rings is 1. The number of carbonyl (C=O) groups is 1. The topological polar surface area (TPSA) is 44.4 Å². The van der Waals surface area contributed by atoms with Crippen LogP contribution in [0.3, 0.4) is 0 Å². The van der Waals surface area contributed by atoms with Crippen LogP contribution in [0.4, 0.5) is 5.69 Å². The Morgan fingerprint density at radius 3 is 3.11 bits per heavy atom. The summed E-state index contributed by atoms with van der Waals surface area (Å²) in [5.74, 6) is 0.0265. The van der Waals surface area contributed by atoms with Crippen LogP contribution in [0.5, 0.6) is 0 Å². The molecule has 2 rings (SSSR count). The zero-order chi connectivity index (χ0) is 13.7. The van der Waals surface area contributed by atoms with Crippen molar-refractivity contribution in [3.05, 3.63) is 28.7 Å². The average molecular weight is 326 g/mol. The Bertz CT molecular complexity index is 432. The summed E-state index contributed by atoms with van der Waals surface area (Å²) in [5, 5.41) is 6.35. The van der Waals surface area contributed by atoms with E-state index in [0.717, 1.165) is 23.2 Å². The van der Waals surface area contributed by atoms with Gasteiger partial charge in [0.05, 0.1) is 6.54 Å². The molecule has 1 aromatic rings. The Morgan fingerprint density at radius 2 is 2.42 bits per heavy atom. The summed E-state index contributed by atoms with van der Waals surface area (Å²) < 4.78 is 0.966. The molecular weight excluding hydrogens is 306 g/mol. The molecule has 1 aliphatic heterocycles. The molecule has 1 atom stereocenters. The molecule has 1 unspecified atom stereocenters. The maximum Gasteiger partial charge on any atom is 0.238 e. The fourth-order valence-corrected chi connectivity index (χ4v) is 2.76. The second-order valence-electron chi connectivity index (χ2n) is 5.05. The number of amides is 1. The number of halogens is 1. The van der Waals surface area contributed by atoms with Gasteiger partial charge in [0.1, 0.15) is 0 Å². The van der Waals surface area contributed by atoms with Crippen molar-refractivity contribution in [1.29, 1.82) is 0 Å². The predicted molar refractivity (Wildman–Crippen MR) is 81.3 cm³/mol. The zero-order valence-electron chi connectivity index (χ0n) is 11.2. The Balaban J connectivity index is 1.77. The first kappa shape index (κ1) is 14.5. The van der Waals surface area contributed by atoms with Crippen molar-refractivity contribution in [1.82, 2.24) is 10.2 Å². The van der Waals surface area contributed by atoms with E-state index in [0.29, 0.717) is 12.6 Å². The third-order valence-corrected chi connectivity index (χ3v) is 3.71. The van der Waals surface area contributed by atoms with E-state index >= 15 is 0 Å². The Kier molecular flexibility index (Phi) is 5.36. The number of hydrogen-bond acceptors (Lipinski definition) is 3. The van der Waals surface area contributed by atoms with Crippen LogP contribution >= 0.6 is 15.9 Å². The molecule has 0 saturated carbocycles. The monoisotopic (exact) mass is 325 g/mol. The van der Waals surface area contributed by atoms with Crippen LogP contribution in [0.1, 0.15) is 12.8 Å². The van der Waals surface area contributed by atoms with Gasteiger partial charge in [0.15, 0.2) is 0 Å². The van der Waals surface area contributed by atoms with Crippen molar-refractivity contribution in [3.8, 4) is 0 Å². The van der Waals surface area contributed by atoms with Gasteiger partial charge in [-0.1, -0.05) is 22.0 Å². The largest absolute Gasteiger partial charge is 0.325 e. The van der Waals surface area contributed by atoms with Crippen LogP contribution in [-0.4, -0.2) is 43.5 Å². The van der Waals surface area contributed by atoms with Gasteiger partial charge in [-0.25, -0.2) is 0 Å². The van der Waals surface area contributed by atoms with Crippen LogP contribution in [0.25, 0.3) is 0 Å². The highest BCUT2D eigenvalue weighted by Crippen LogP contribution is 2.15. The van der Waals surface area contributed by atoms with Gasteiger partial charge in [-0.3, -0.25) is 9.69 Å².